The van der Waals surface area contributed by atoms with Gasteiger partial charge in [-0.05, 0) is 44.2 Å². The monoisotopic (exact) mass is 452 g/mol. The summed E-state index contributed by atoms with van der Waals surface area (Å²) in [5, 5.41) is 3.00. The molecule has 1 aliphatic heterocycles. The molecular weight excluding hydrogens is 424 g/mol. The van der Waals surface area contributed by atoms with Crippen molar-refractivity contribution in [3.63, 3.8) is 0 Å². The molecule has 7 nitrogen and oxygen atoms in total. The van der Waals surface area contributed by atoms with Crippen LogP contribution < -0.4 is 5.32 Å². The number of carbonyl (C=O) groups excluding carboxylic acids is 2. The third-order valence-electron chi connectivity index (χ3n) is 4.94. The van der Waals surface area contributed by atoms with Gasteiger partial charge in [0.1, 0.15) is 11.6 Å². The number of amides is 1. The number of rotatable bonds is 8. The van der Waals surface area contributed by atoms with E-state index in [2.05, 4.69) is 15.3 Å². The molecule has 0 spiro atoms. The van der Waals surface area contributed by atoms with Crippen molar-refractivity contribution < 1.29 is 14.3 Å². The standard InChI is InChI=1S/C24H28N4O3S/c1-4-31-13-12-21(32-23(30)11-10-19-8-6-5-7-9-19)17(2)28-16-20-14-25-18(3)27-24(20)26-15-22(28)29/h5-11,14H,4,12-13,15-16H2,1-3H3,(H,25,26,27)/b11-10+,21-17-. The number of aryl methyl sites for hydroxylation is 1. The maximum absolute atomic E-state index is 12.9. The van der Waals surface area contributed by atoms with Crippen molar-refractivity contribution in [3.05, 3.63) is 70.2 Å². The molecule has 2 heterocycles. The van der Waals surface area contributed by atoms with Gasteiger partial charge in [-0.2, -0.15) is 0 Å². The van der Waals surface area contributed by atoms with Crippen molar-refractivity contribution in [1.29, 1.82) is 0 Å². The Balaban J connectivity index is 1.83. The van der Waals surface area contributed by atoms with Crippen LogP contribution in [0.1, 0.15) is 37.2 Å². The lowest BCUT2D eigenvalue weighted by Gasteiger charge is -2.24. The van der Waals surface area contributed by atoms with E-state index in [4.69, 9.17) is 4.74 Å². The molecule has 3 rings (SSSR count). The number of nitrogens with zero attached hydrogens (tertiary/aromatic N) is 3. The molecule has 168 valence electrons. The minimum absolute atomic E-state index is 0.0834. The fourth-order valence-corrected chi connectivity index (χ4v) is 4.05. The molecule has 1 aromatic heterocycles. The van der Waals surface area contributed by atoms with E-state index in [1.807, 2.05) is 51.1 Å². The van der Waals surface area contributed by atoms with Crippen LogP contribution in [0.3, 0.4) is 0 Å². The van der Waals surface area contributed by atoms with Gasteiger partial charge >= 0.3 is 0 Å². The molecule has 0 aliphatic carbocycles. The Hall–Kier alpha value is -2.97. The van der Waals surface area contributed by atoms with Gasteiger partial charge in [0.25, 0.3) is 0 Å². The molecule has 0 fully saturated rings. The quantitative estimate of drug-likeness (QED) is 0.475. The first-order valence-corrected chi connectivity index (χ1v) is 11.4. The highest BCUT2D eigenvalue weighted by Crippen LogP contribution is 2.30. The lowest BCUT2D eigenvalue weighted by Crippen LogP contribution is -2.32. The summed E-state index contributed by atoms with van der Waals surface area (Å²) in [6, 6.07) is 9.67. The molecule has 0 saturated heterocycles. The first kappa shape index (κ1) is 23.7. The summed E-state index contributed by atoms with van der Waals surface area (Å²) in [4.78, 5) is 36.8. The van der Waals surface area contributed by atoms with Crippen LogP contribution in [0.2, 0.25) is 0 Å². The number of allylic oxidation sites excluding steroid dienone is 1. The second-order valence-corrected chi connectivity index (χ2v) is 8.34. The highest BCUT2D eigenvalue weighted by atomic mass is 32.2. The Morgan fingerprint density at radius 2 is 2.09 bits per heavy atom. The van der Waals surface area contributed by atoms with Gasteiger partial charge in [0, 0.05) is 35.4 Å². The molecule has 0 atom stereocenters. The number of fused-ring (bicyclic) bond motifs is 1. The van der Waals surface area contributed by atoms with Gasteiger partial charge in [0.05, 0.1) is 19.7 Å². The summed E-state index contributed by atoms with van der Waals surface area (Å²) in [6.45, 7) is 7.17. The fourth-order valence-electron chi connectivity index (χ4n) is 3.23. The number of nitrogens with one attached hydrogen (secondary N) is 1. The summed E-state index contributed by atoms with van der Waals surface area (Å²) in [5.41, 5.74) is 2.54. The van der Waals surface area contributed by atoms with Crippen LogP contribution in [0.4, 0.5) is 5.82 Å². The molecule has 2 aromatic rings. The van der Waals surface area contributed by atoms with E-state index >= 15 is 0 Å². The summed E-state index contributed by atoms with van der Waals surface area (Å²) in [7, 11) is 0. The number of carbonyl (C=O) groups is 2. The van der Waals surface area contributed by atoms with Crippen LogP contribution in [0, 0.1) is 6.92 Å². The van der Waals surface area contributed by atoms with E-state index in [9.17, 15) is 9.59 Å². The van der Waals surface area contributed by atoms with Gasteiger partial charge < -0.3 is 15.0 Å². The molecule has 1 amide bonds. The molecule has 32 heavy (non-hydrogen) atoms. The summed E-state index contributed by atoms with van der Waals surface area (Å²) in [5.74, 6) is 1.24. The zero-order valence-corrected chi connectivity index (χ0v) is 19.4. The number of anilines is 1. The first-order valence-electron chi connectivity index (χ1n) is 10.6. The number of aromatic nitrogens is 2. The van der Waals surface area contributed by atoms with E-state index in [0.717, 1.165) is 33.5 Å². The molecule has 1 aromatic carbocycles. The molecule has 8 heteroatoms. The Labute approximate surface area is 193 Å². The number of hydrogen-bond acceptors (Lipinski definition) is 7. The predicted molar refractivity (Wildman–Crippen MR) is 128 cm³/mol. The van der Waals surface area contributed by atoms with Gasteiger partial charge in [0.15, 0.2) is 0 Å². The molecule has 0 bridgehead atoms. The molecule has 0 saturated carbocycles. The summed E-state index contributed by atoms with van der Waals surface area (Å²) < 4.78 is 5.52. The van der Waals surface area contributed by atoms with Gasteiger partial charge in [-0.25, -0.2) is 9.97 Å². The van der Waals surface area contributed by atoms with Crippen molar-refractivity contribution in [2.75, 3.05) is 25.1 Å². The second kappa shape index (κ2) is 11.6. The van der Waals surface area contributed by atoms with E-state index in [-0.39, 0.29) is 17.6 Å². The average Bonchev–Trinajstić information content (AvgIpc) is 2.96. The third-order valence-corrected chi connectivity index (χ3v) is 6.03. The highest BCUT2D eigenvalue weighted by molar-refractivity contribution is 8.17. The van der Waals surface area contributed by atoms with Crippen molar-refractivity contribution in [1.82, 2.24) is 14.9 Å². The maximum Gasteiger partial charge on any atom is 0.246 e. The van der Waals surface area contributed by atoms with Crippen LogP contribution in [0.5, 0.6) is 0 Å². The third kappa shape index (κ3) is 6.51. The largest absolute Gasteiger partial charge is 0.381 e. The minimum atomic E-state index is -0.0977. The lowest BCUT2D eigenvalue weighted by atomic mass is 10.2. The Morgan fingerprint density at radius 3 is 2.84 bits per heavy atom. The number of benzene rings is 1. The predicted octanol–water partition coefficient (Wildman–Crippen LogP) is 4.17. The van der Waals surface area contributed by atoms with E-state index in [0.29, 0.717) is 37.8 Å². The molecule has 0 radical (unpaired) electrons. The minimum Gasteiger partial charge on any atom is -0.381 e. The zero-order chi connectivity index (χ0) is 22.9. The van der Waals surface area contributed by atoms with Crippen LogP contribution in [0.25, 0.3) is 6.08 Å². The van der Waals surface area contributed by atoms with Gasteiger partial charge in [0.2, 0.25) is 11.0 Å². The Bertz CT molecular complexity index is 1020. The van der Waals surface area contributed by atoms with Crippen LogP contribution in [-0.4, -0.2) is 45.6 Å². The Kier molecular flexibility index (Phi) is 8.58. The van der Waals surface area contributed by atoms with Crippen LogP contribution in [0.15, 0.2) is 53.2 Å². The van der Waals surface area contributed by atoms with Crippen LogP contribution in [-0.2, 0) is 20.9 Å². The van der Waals surface area contributed by atoms with Crippen molar-refractivity contribution in [3.8, 4) is 0 Å². The molecular formula is C24H28N4O3S. The Morgan fingerprint density at radius 1 is 1.31 bits per heavy atom. The fraction of sp³-hybridized carbons (Fsp3) is 0.333. The van der Waals surface area contributed by atoms with Gasteiger partial charge in [-0.1, -0.05) is 36.4 Å². The van der Waals surface area contributed by atoms with Crippen molar-refractivity contribution in [2.45, 2.75) is 33.7 Å². The SMILES string of the molecule is CCOCC/C(SC(=O)/C=C/c1ccccc1)=C(\C)N1Cc2cnc(C)nc2NCC1=O. The topological polar surface area (TPSA) is 84.4 Å². The molecule has 1 aliphatic rings. The molecule has 0 unspecified atom stereocenters. The zero-order valence-electron chi connectivity index (χ0n) is 18.6. The van der Waals surface area contributed by atoms with E-state index < -0.39 is 0 Å². The maximum atomic E-state index is 12.9. The highest BCUT2D eigenvalue weighted by Gasteiger charge is 2.25. The van der Waals surface area contributed by atoms with Crippen LogP contribution >= 0.6 is 11.8 Å². The molecule has 1 N–H and O–H groups in total. The smallest absolute Gasteiger partial charge is 0.246 e. The second-order valence-electron chi connectivity index (χ2n) is 7.25. The lowest BCUT2D eigenvalue weighted by molar-refractivity contribution is -0.127. The number of thioether (sulfide) groups is 1. The van der Waals surface area contributed by atoms with Crippen molar-refractivity contribution >= 4 is 34.7 Å². The summed E-state index contributed by atoms with van der Waals surface area (Å²) >= 11 is 1.14. The van der Waals surface area contributed by atoms with Gasteiger partial charge in [-0.3, -0.25) is 9.59 Å². The average molecular weight is 453 g/mol. The normalized spacial score (nSPS) is 14.6. The van der Waals surface area contributed by atoms with E-state index in [1.54, 1.807) is 23.2 Å². The van der Waals surface area contributed by atoms with Crippen molar-refractivity contribution in [2.24, 2.45) is 0 Å². The van der Waals surface area contributed by atoms with Gasteiger partial charge in [-0.15, -0.1) is 0 Å². The number of hydrogen-bond donors (Lipinski definition) is 1. The number of ether oxygens (including phenoxy) is 1. The summed E-state index contributed by atoms with van der Waals surface area (Å²) in [6.07, 6.45) is 5.64. The van der Waals surface area contributed by atoms with E-state index in [1.165, 1.54) is 0 Å². The first-order chi connectivity index (χ1) is 15.5.